The summed E-state index contributed by atoms with van der Waals surface area (Å²) in [5.74, 6) is -0.172. The van der Waals surface area contributed by atoms with Crippen molar-refractivity contribution in [1.82, 2.24) is 31.5 Å². The minimum absolute atomic E-state index is 0.0280. The first kappa shape index (κ1) is 48.8. The number of nitrogens with one attached hydrogen (secondary N) is 5. The second kappa shape index (κ2) is 25.8. The van der Waals surface area contributed by atoms with Crippen molar-refractivity contribution < 1.29 is 29.1 Å². The molecule has 12 N–H and O–H groups in total. The number of aliphatic imine (C=N–C) groups is 2. The van der Waals surface area contributed by atoms with Crippen molar-refractivity contribution in [3.63, 3.8) is 0 Å². The molecular formula is C46H63N11O6. The number of hydrogen-bond acceptors (Lipinski definition) is 8. The monoisotopic (exact) mass is 865 g/mol. The number of phenols is 1. The molecule has 0 aliphatic carbocycles. The summed E-state index contributed by atoms with van der Waals surface area (Å²) < 4.78 is 0. The Morgan fingerprint density at radius 2 is 1.44 bits per heavy atom. The Hall–Kier alpha value is -6.83. The van der Waals surface area contributed by atoms with Crippen LogP contribution in [0.2, 0.25) is 0 Å². The summed E-state index contributed by atoms with van der Waals surface area (Å²) in [5, 5.41) is 26.1. The largest absolute Gasteiger partial charge is 0.508 e. The van der Waals surface area contributed by atoms with Gasteiger partial charge < -0.3 is 53.8 Å². The number of amides is 5. The second-order valence-electron chi connectivity index (χ2n) is 15.6. The van der Waals surface area contributed by atoms with Gasteiger partial charge in [-0.3, -0.25) is 34.0 Å². The number of aromatic hydroxyl groups is 1. The number of rotatable bonds is 19. The molecule has 4 rings (SSSR count). The molecule has 5 amide bonds. The third-order valence-corrected chi connectivity index (χ3v) is 10.7. The average Bonchev–Trinajstić information content (AvgIpc) is 3.26. The molecule has 3 aromatic rings. The molecule has 1 fully saturated rings. The van der Waals surface area contributed by atoms with E-state index in [2.05, 4.69) is 42.5 Å². The van der Waals surface area contributed by atoms with Crippen molar-refractivity contribution in [3.8, 4) is 18.1 Å². The van der Waals surface area contributed by atoms with Crippen molar-refractivity contribution in [2.45, 2.75) is 102 Å². The second-order valence-corrected chi connectivity index (χ2v) is 15.6. The molecule has 17 nitrogen and oxygen atoms in total. The Bertz CT molecular complexity index is 2100. The zero-order chi connectivity index (χ0) is 45.6. The lowest BCUT2D eigenvalue weighted by molar-refractivity contribution is -0.143. The van der Waals surface area contributed by atoms with E-state index in [0.717, 1.165) is 42.0 Å². The highest BCUT2D eigenvalue weighted by molar-refractivity contribution is 5.97. The number of hydrogen-bond donors (Lipinski definition) is 9. The third-order valence-electron chi connectivity index (χ3n) is 10.7. The fourth-order valence-electron chi connectivity index (χ4n) is 7.16. The van der Waals surface area contributed by atoms with Crippen molar-refractivity contribution in [2.24, 2.45) is 27.2 Å². The van der Waals surface area contributed by atoms with Gasteiger partial charge in [-0.2, -0.15) is 0 Å². The lowest BCUT2D eigenvalue weighted by atomic mass is 10.0. The summed E-state index contributed by atoms with van der Waals surface area (Å²) >= 11 is 0. The van der Waals surface area contributed by atoms with E-state index in [1.54, 1.807) is 19.1 Å². The van der Waals surface area contributed by atoms with Crippen LogP contribution >= 0.6 is 0 Å². The van der Waals surface area contributed by atoms with Crippen LogP contribution in [0.15, 0.2) is 76.7 Å². The van der Waals surface area contributed by atoms with Crippen LogP contribution in [0, 0.1) is 12.3 Å². The predicted octanol–water partition coefficient (Wildman–Crippen LogP) is 1.45. The molecule has 0 aromatic heterocycles. The number of nitrogens with zero attached hydrogens (tertiary/aromatic N) is 3. The molecule has 1 heterocycles. The molecule has 17 heteroatoms. The number of phenolic OH excluding ortho intramolecular Hbond substituents is 1. The van der Waals surface area contributed by atoms with Crippen LogP contribution in [-0.4, -0.2) is 108 Å². The Morgan fingerprint density at radius 1 is 0.762 bits per heavy atom. The van der Waals surface area contributed by atoms with Crippen molar-refractivity contribution >= 4 is 52.2 Å². The van der Waals surface area contributed by atoms with E-state index in [-0.39, 0.29) is 44.1 Å². The number of guanidine groups is 2. The van der Waals surface area contributed by atoms with E-state index < -0.39 is 60.2 Å². The van der Waals surface area contributed by atoms with Crippen LogP contribution in [0.1, 0.15) is 75.8 Å². The molecule has 0 spiro atoms. The normalized spacial score (nSPS) is 19.1. The smallest absolute Gasteiger partial charge is 0.246 e. The highest BCUT2D eigenvalue weighted by Crippen LogP contribution is 2.18. The number of carbonyl (C=O) groups is 5. The molecule has 1 aliphatic rings. The molecule has 63 heavy (non-hydrogen) atoms. The Kier molecular flexibility index (Phi) is 20.0. The first-order valence-corrected chi connectivity index (χ1v) is 21.6. The third kappa shape index (κ3) is 16.9. The van der Waals surface area contributed by atoms with E-state index in [9.17, 15) is 29.1 Å². The molecule has 0 saturated carbocycles. The average molecular weight is 866 g/mol. The van der Waals surface area contributed by atoms with Crippen LogP contribution in [-0.2, 0) is 36.8 Å². The molecule has 3 aromatic carbocycles. The van der Waals surface area contributed by atoms with Gasteiger partial charge in [0.05, 0.1) is 6.54 Å². The molecule has 338 valence electrons. The van der Waals surface area contributed by atoms with Gasteiger partial charge in [0.15, 0.2) is 11.9 Å². The number of benzene rings is 3. The molecular weight excluding hydrogens is 803 g/mol. The van der Waals surface area contributed by atoms with Gasteiger partial charge in [-0.05, 0) is 79.5 Å². The zero-order valence-electron chi connectivity index (χ0n) is 36.1. The van der Waals surface area contributed by atoms with Crippen molar-refractivity contribution in [1.29, 1.82) is 0 Å². The van der Waals surface area contributed by atoms with Gasteiger partial charge >= 0.3 is 0 Å². The molecule has 1 saturated heterocycles. The van der Waals surface area contributed by atoms with E-state index in [4.69, 9.17) is 23.6 Å². The summed E-state index contributed by atoms with van der Waals surface area (Å²) in [6.45, 7) is 2.62. The summed E-state index contributed by atoms with van der Waals surface area (Å²) in [6, 6.07) is 15.2. The molecule has 0 bridgehead atoms. The van der Waals surface area contributed by atoms with Crippen LogP contribution in [0.3, 0.4) is 0 Å². The molecule has 4 atom stereocenters. The fourth-order valence-corrected chi connectivity index (χ4v) is 7.16. The van der Waals surface area contributed by atoms with Gasteiger partial charge in [0.1, 0.15) is 29.9 Å². The van der Waals surface area contributed by atoms with Crippen molar-refractivity contribution in [3.05, 3.63) is 77.9 Å². The van der Waals surface area contributed by atoms with E-state index in [0.29, 0.717) is 50.3 Å². The highest BCUT2D eigenvalue weighted by Gasteiger charge is 2.35. The highest BCUT2D eigenvalue weighted by atomic mass is 16.3. The van der Waals surface area contributed by atoms with E-state index >= 15 is 0 Å². The lowest BCUT2D eigenvalue weighted by Gasteiger charge is -2.33. The van der Waals surface area contributed by atoms with Gasteiger partial charge in [0.25, 0.3) is 0 Å². The number of terminal acetylenes is 1. The van der Waals surface area contributed by atoms with Crippen LogP contribution in [0.25, 0.3) is 10.8 Å². The topological polar surface area (TPSA) is 272 Å². The Morgan fingerprint density at radius 3 is 2.19 bits per heavy atom. The first-order valence-electron chi connectivity index (χ1n) is 21.6. The Labute approximate surface area is 369 Å². The quantitative estimate of drug-likeness (QED) is 0.0362. The maximum Gasteiger partial charge on any atom is 0.246 e. The summed E-state index contributed by atoms with van der Waals surface area (Å²) in [7, 11) is 0. The maximum absolute atomic E-state index is 14.6. The maximum atomic E-state index is 14.6. The van der Waals surface area contributed by atoms with E-state index in [1.165, 1.54) is 17.0 Å². The van der Waals surface area contributed by atoms with Gasteiger partial charge in [-0.25, -0.2) is 0 Å². The molecule has 1 aliphatic heterocycles. The number of carbonyl (C=O) groups excluding carboxylic acids is 5. The number of fused-ring (bicyclic) bond motifs is 1. The van der Waals surface area contributed by atoms with Gasteiger partial charge in [0.2, 0.25) is 29.5 Å². The van der Waals surface area contributed by atoms with Gasteiger partial charge in [-0.15, -0.1) is 12.3 Å². The molecule has 0 radical (unpaired) electrons. The SMILES string of the molecule is C#CCCCCN=C(N)NCCCCCCN1C(=O)[C@@H](Cc2ccc(O)cc2)NC(=O)CNC(=O)[C@H](Cc2ccc3ccccc3c2)NC(=O)[C@H](CCCN=C(N)N)NC(=O)[C@H]1C. The Balaban J connectivity index is 1.58. The van der Waals surface area contributed by atoms with Gasteiger partial charge in [-0.1, -0.05) is 67.4 Å². The number of unbranched alkanes of at least 4 members (excludes halogenated alkanes) is 5. The van der Waals surface area contributed by atoms with Gasteiger partial charge in [0, 0.05) is 45.4 Å². The van der Waals surface area contributed by atoms with Crippen LogP contribution < -0.4 is 43.8 Å². The molecule has 0 unspecified atom stereocenters. The zero-order valence-corrected chi connectivity index (χ0v) is 36.1. The summed E-state index contributed by atoms with van der Waals surface area (Å²) in [5.41, 5.74) is 18.5. The van der Waals surface area contributed by atoms with Crippen LogP contribution in [0.5, 0.6) is 5.75 Å². The minimum Gasteiger partial charge on any atom is -0.508 e. The first-order chi connectivity index (χ1) is 30.3. The standard InChI is InChI=1S/C46H63N11O6/c1-3-4-5-10-23-51-46(49)52-24-11-6-7-12-26-57-31(2)41(60)55-37(16-13-25-50-45(47)48)43(62)56-38(29-33-17-20-34-14-8-9-15-35(34)27-33)42(61)53-30-40(59)54-39(44(57)63)28-32-18-21-36(58)22-19-32/h1,8-9,14-15,17-22,27,31,37-39,58H,4-7,10-13,16,23-26,28-30H2,2H3,(H,53,61)(H,54,59)(H,55,60)(H,56,62)(H4,47,48,50)(H3,49,51,52)/t31-,37+,38+,39-/m1/s1. The minimum atomic E-state index is -1.15. The summed E-state index contributed by atoms with van der Waals surface area (Å²) in [6.07, 6.45) is 11.1. The van der Waals surface area contributed by atoms with Crippen molar-refractivity contribution in [2.75, 3.05) is 32.7 Å². The van der Waals surface area contributed by atoms with Crippen LogP contribution in [0.4, 0.5) is 0 Å². The lowest BCUT2D eigenvalue weighted by Crippen LogP contribution is -2.58. The fraction of sp³-hybridized carbons (Fsp3) is 0.457. The number of nitrogens with two attached hydrogens (primary N) is 3. The summed E-state index contributed by atoms with van der Waals surface area (Å²) in [4.78, 5) is 80.1. The van der Waals surface area contributed by atoms with E-state index in [1.807, 2.05) is 42.5 Å². The predicted molar refractivity (Wildman–Crippen MR) is 245 cm³/mol.